The van der Waals surface area contributed by atoms with Crippen molar-refractivity contribution in [1.29, 1.82) is 0 Å². The Morgan fingerprint density at radius 1 is 1.00 bits per heavy atom. The molecule has 1 fully saturated rings. The van der Waals surface area contributed by atoms with E-state index in [1.807, 2.05) is 39.0 Å². The van der Waals surface area contributed by atoms with E-state index < -0.39 is 0 Å². The molecule has 28 heavy (non-hydrogen) atoms. The van der Waals surface area contributed by atoms with Gasteiger partial charge in [0.15, 0.2) is 0 Å². The largest absolute Gasteiger partial charge is 0.274 e. The molecule has 144 valence electrons. The van der Waals surface area contributed by atoms with Crippen molar-refractivity contribution in [3.05, 3.63) is 65.0 Å². The Hall–Kier alpha value is -3.15. The Morgan fingerprint density at radius 3 is 2.39 bits per heavy atom. The van der Waals surface area contributed by atoms with Gasteiger partial charge in [-0.25, -0.2) is 0 Å². The number of amides is 3. The minimum atomic E-state index is -0.293. The third-order valence-corrected chi connectivity index (χ3v) is 5.67. The topological polar surface area (TPSA) is 71.4 Å². The summed E-state index contributed by atoms with van der Waals surface area (Å²) in [6.45, 7) is 5.80. The van der Waals surface area contributed by atoms with E-state index in [9.17, 15) is 14.4 Å². The first kappa shape index (κ1) is 18.2. The fourth-order valence-electron chi connectivity index (χ4n) is 4.09. The van der Waals surface area contributed by atoms with Gasteiger partial charge in [0.05, 0.1) is 17.5 Å². The van der Waals surface area contributed by atoms with E-state index in [1.54, 1.807) is 28.9 Å². The number of hydrogen-bond donors (Lipinski definition) is 1. The van der Waals surface area contributed by atoms with Gasteiger partial charge in [-0.05, 0) is 63.9 Å². The smallest absolute Gasteiger partial charge is 0.270 e. The quantitative estimate of drug-likeness (QED) is 0.659. The molecule has 1 aromatic carbocycles. The summed E-state index contributed by atoms with van der Waals surface area (Å²) in [5.41, 5.74) is 6.68. The van der Waals surface area contributed by atoms with Crippen LogP contribution in [0.5, 0.6) is 0 Å². The molecule has 0 bridgehead atoms. The summed E-state index contributed by atoms with van der Waals surface area (Å²) in [6.07, 6.45) is 3.27. The van der Waals surface area contributed by atoms with E-state index >= 15 is 0 Å². The molecule has 2 aromatic rings. The first-order valence-corrected chi connectivity index (χ1v) is 9.46. The van der Waals surface area contributed by atoms with Crippen LogP contribution in [0.15, 0.2) is 48.0 Å². The number of nitrogens with zero attached hydrogens (tertiary/aromatic N) is 2. The number of rotatable bonds is 3. The molecule has 1 N–H and O–H groups in total. The van der Waals surface area contributed by atoms with Crippen LogP contribution in [-0.4, -0.2) is 22.4 Å². The highest BCUT2D eigenvalue weighted by Gasteiger charge is 2.48. The number of carbonyl (C=O) groups is 3. The van der Waals surface area contributed by atoms with Crippen LogP contribution in [-0.2, 0) is 9.59 Å². The number of nitrogens with one attached hydrogen (secondary N) is 1. The van der Waals surface area contributed by atoms with Crippen molar-refractivity contribution in [3.8, 4) is 0 Å². The highest BCUT2D eigenvalue weighted by molar-refractivity contribution is 6.22. The third-order valence-electron chi connectivity index (χ3n) is 5.67. The summed E-state index contributed by atoms with van der Waals surface area (Å²) in [6, 6.07) is 10.5. The van der Waals surface area contributed by atoms with Gasteiger partial charge in [-0.15, -0.1) is 0 Å². The molecule has 1 saturated heterocycles. The molecular formula is C22H23N3O3. The lowest BCUT2D eigenvalue weighted by Gasteiger charge is -2.18. The Kier molecular flexibility index (Phi) is 4.41. The number of benzene rings is 1. The number of aromatic nitrogens is 1. The zero-order valence-corrected chi connectivity index (χ0v) is 16.2. The first-order valence-electron chi connectivity index (χ1n) is 9.46. The van der Waals surface area contributed by atoms with Crippen molar-refractivity contribution in [1.82, 2.24) is 4.68 Å². The minimum absolute atomic E-state index is 0.169. The van der Waals surface area contributed by atoms with E-state index in [0.29, 0.717) is 24.1 Å². The fourth-order valence-corrected chi connectivity index (χ4v) is 4.09. The molecule has 6 heteroatoms. The van der Waals surface area contributed by atoms with Crippen LogP contribution < -0.4 is 10.3 Å². The maximum absolute atomic E-state index is 12.9. The van der Waals surface area contributed by atoms with Gasteiger partial charge in [0.2, 0.25) is 11.8 Å². The van der Waals surface area contributed by atoms with E-state index in [0.717, 1.165) is 17.0 Å². The average molecular weight is 377 g/mol. The molecule has 1 aromatic heterocycles. The van der Waals surface area contributed by atoms with E-state index in [2.05, 4.69) is 5.43 Å². The molecule has 2 aliphatic rings. The molecule has 2 atom stereocenters. The van der Waals surface area contributed by atoms with Gasteiger partial charge in [0.25, 0.3) is 5.91 Å². The predicted molar refractivity (Wildman–Crippen MR) is 107 cm³/mol. The Bertz CT molecular complexity index is 998. The molecular weight excluding hydrogens is 354 g/mol. The molecule has 0 unspecified atom stereocenters. The van der Waals surface area contributed by atoms with Crippen LogP contribution in [0.1, 0.15) is 41.5 Å². The van der Waals surface area contributed by atoms with Crippen molar-refractivity contribution in [3.63, 3.8) is 0 Å². The first-order chi connectivity index (χ1) is 13.4. The van der Waals surface area contributed by atoms with Crippen molar-refractivity contribution >= 4 is 23.4 Å². The standard InChI is InChI=1S/C22H23N3O3/c1-13-7-10-18-19(11-13)22(28)24(21(18)27)17-6-4-5-16(12-17)20(26)23-25-14(2)8-9-15(25)3/h4-9,12,18-19H,10-11H2,1-3H3,(H,23,26)/t18-,19-/m0/s1. The summed E-state index contributed by atoms with van der Waals surface area (Å²) >= 11 is 0. The van der Waals surface area contributed by atoms with Crippen molar-refractivity contribution in [2.24, 2.45) is 11.8 Å². The van der Waals surface area contributed by atoms with E-state index in [4.69, 9.17) is 0 Å². The second-order valence-corrected chi connectivity index (χ2v) is 7.66. The molecule has 3 amide bonds. The Balaban J connectivity index is 1.60. The molecule has 0 spiro atoms. The van der Waals surface area contributed by atoms with Crippen LogP contribution in [0.3, 0.4) is 0 Å². The SMILES string of the molecule is CC1=CC[C@@H]2C(=O)N(c3cccc(C(=O)Nn4c(C)ccc4C)c3)C(=O)[C@H]2C1. The summed E-state index contributed by atoms with van der Waals surface area (Å²) in [5.74, 6) is -1.22. The fraction of sp³-hybridized carbons (Fsp3) is 0.318. The summed E-state index contributed by atoms with van der Waals surface area (Å²) in [5, 5.41) is 0. The Morgan fingerprint density at radius 2 is 1.68 bits per heavy atom. The summed E-state index contributed by atoms with van der Waals surface area (Å²) in [7, 11) is 0. The van der Waals surface area contributed by atoms with Crippen LogP contribution >= 0.6 is 0 Å². The highest BCUT2D eigenvalue weighted by atomic mass is 16.2. The van der Waals surface area contributed by atoms with Crippen LogP contribution in [0.2, 0.25) is 0 Å². The molecule has 6 nitrogen and oxygen atoms in total. The van der Waals surface area contributed by atoms with Crippen molar-refractivity contribution < 1.29 is 14.4 Å². The second kappa shape index (κ2) is 6.78. The van der Waals surface area contributed by atoms with Gasteiger partial charge in [0.1, 0.15) is 0 Å². The molecule has 1 aliphatic heterocycles. The monoisotopic (exact) mass is 377 g/mol. The molecule has 4 rings (SSSR count). The van der Waals surface area contributed by atoms with Gasteiger partial charge in [0, 0.05) is 17.0 Å². The minimum Gasteiger partial charge on any atom is -0.274 e. The van der Waals surface area contributed by atoms with Crippen molar-refractivity contribution in [2.75, 3.05) is 10.3 Å². The maximum atomic E-state index is 12.9. The van der Waals surface area contributed by atoms with Crippen LogP contribution in [0, 0.1) is 25.7 Å². The van der Waals surface area contributed by atoms with E-state index in [1.165, 1.54) is 4.90 Å². The average Bonchev–Trinajstić information content (AvgIpc) is 3.12. The summed E-state index contributed by atoms with van der Waals surface area (Å²) < 4.78 is 1.71. The third kappa shape index (κ3) is 2.95. The Labute approximate surface area is 163 Å². The number of aryl methyl sites for hydroxylation is 2. The molecule has 0 radical (unpaired) electrons. The summed E-state index contributed by atoms with van der Waals surface area (Å²) in [4.78, 5) is 39.7. The van der Waals surface area contributed by atoms with Gasteiger partial charge < -0.3 is 0 Å². The van der Waals surface area contributed by atoms with Gasteiger partial charge in [-0.1, -0.05) is 17.7 Å². The second-order valence-electron chi connectivity index (χ2n) is 7.66. The van der Waals surface area contributed by atoms with E-state index in [-0.39, 0.29) is 29.6 Å². The number of hydrogen-bond acceptors (Lipinski definition) is 3. The van der Waals surface area contributed by atoms with Crippen LogP contribution in [0.4, 0.5) is 5.69 Å². The molecule has 1 aliphatic carbocycles. The van der Waals surface area contributed by atoms with Crippen molar-refractivity contribution in [2.45, 2.75) is 33.6 Å². The molecule has 0 saturated carbocycles. The zero-order valence-electron chi connectivity index (χ0n) is 16.2. The lowest BCUT2D eigenvalue weighted by atomic mass is 9.82. The number of fused-ring (bicyclic) bond motifs is 1. The van der Waals surface area contributed by atoms with Gasteiger partial charge in [-0.2, -0.15) is 0 Å². The lowest BCUT2D eigenvalue weighted by Crippen LogP contribution is -2.31. The molecule has 2 heterocycles. The number of anilines is 1. The number of carbonyl (C=O) groups excluding carboxylic acids is 3. The zero-order chi connectivity index (χ0) is 20.0. The predicted octanol–water partition coefficient (Wildman–Crippen LogP) is 3.33. The lowest BCUT2D eigenvalue weighted by molar-refractivity contribution is -0.122. The number of imide groups is 1. The normalized spacial score (nSPS) is 21.5. The van der Waals surface area contributed by atoms with Gasteiger partial charge >= 0.3 is 0 Å². The number of allylic oxidation sites excluding steroid dienone is 2. The van der Waals surface area contributed by atoms with Gasteiger partial charge in [-0.3, -0.25) is 29.4 Å². The maximum Gasteiger partial charge on any atom is 0.270 e. The van der Waals surface area contributed by atoms with Crippen LogP contribution in [0.25, 0.3) is 0 Å². The highest BCUT2D eigenvalue weighted by Crippen LogP contribution is 2.39.